The molecule has 3 aromatic carbocycles. The van der Waals surface area contributed by atoms with E-state index in [2.05, 4.69) is 10.3 Å². The van der Waals surface area contributed by atoms with E-state index in [-0.39, 0.29) is 11.5 Å². The van der Waals surface area contributed by atoms with Crippen molar-refractivity contribution >= 4 is 22.5 Å². The van der Waals surface area contributed by atoms with E-state index in [1.54, 1.807) is 37.4 Å². The number of H-pyrrole nitrogens is 1. The first kappa shape index (κ1) is 17.7. The van der Waals surface area contributed by atoms with Crippen molar-refractivity contribution in [1.29, 1.82) is 0 Å². The van der Waals surface area contributed by atoms with Crippen molar-refractivity contribution in [3.63, 3.8) is 0 Å². The molecule has 0 aliphatic heterocycles. The van der Waals surface area contributed by atoms with Gasteiger partial charge in [0.2, 0.25) is 0 Å². The van der Waals surface area contributed by atoms with Gasteiger partial charge in [-0.15, -0.1) is 0 Å². The van der Waals surface area contributed by atoms with Gasteiger partial charge in [-0.2, -0.15) is 0 Å². The summed E-state index contributed by atoms with van der Waals surface area (Å²) < 4.78 is 32.3. The Bertz CT molecular complexity index is 1180. The first-order valence-electron chi connectivity index (χ1n) is 8.57. The molecule has 28 heavy (non-hydrogen) atoms. The Labute approximate surface area is 159 Å². The molecule has 1 heterocycles. The Morgan fingerprint density at radius 3 is 2.64 bits per heavy atom. The summed E-state index contributed by atoms with van der Waals surface area (Å²) in [6.07, 6.45) is 0. The highest BCUT2D eigenvalue weighted by Gasteiger charge is 2.12. The Kier molecular flexibility index (Phi) is 4.53. The number of fused-ring (bicyclic) bond motifs is 1. The lowest BCUT2D eigenvalue weighted by atomic mass is 10.0. The van der Waals surface area contributed by atoms with Crippen LogP contribution in [0.4, 0.5) is 14.5 Å². The minimum absolute atomic E-state index is 0.259. The fourth-order valence-electron chi connectivity index (χ4n) is 3.04. The molecule has 6 heteroatoms. The number of nitrogens with one attached hydrogen (secondary N) is 2. The molecule has 4 nitrogen and oxygen atoms in total. The van der Waals surface area contributed by atoms with E-state index in [0.717, 1.165) is 17.0 Å². The maximum atomic E-state index is 14.0. The van der Waals surface area contributed by atoms with Gasteiger partial charge in [0.15, 0.2) is 0 Å². The van der Waals surface area contributed by atoms with Gasteiger partial charge in [0.25, 0.3) is 5.91 Å². The van der Waals surface area contributed by atoms with E-state index in [0.29, 0.717) is 22.7 Å². The molecule has 0 bridgehead atoms. The molecule has 140 valence electrons. The number of amides is 1. The van der Waals surface area contributed by atoms with Gasteiger partial charge in [-0.25, -0.2) is 8.78 Å². The van der Waals surface area contributed by atoms with E-state index in [1.807, 2.05) is 18.2 Å². The summed E-state index contributed by atoms with van der Waals surface area (Å²) in [5.41, 5.74) is 2.47. The molecule has 0 saturated carbocycles. The highest BCUT2D eigenvalue weighted by molar-refractivity contribution is 6.06. The van der Waals surface area contributed by atoms with E-state index >= 15 is 0 Å². The van der Waals surface area contributed by atoms with Gasteiger partial charge in [-0.3, -0.25) is 4.79 Å². The van der Waals surface area contributed by atoms with Crippen molar-refractivity contribution in [1.82, 2.24) is 4.98 Å². The molecular formula is C22H16F2N2O2. The Morgan fingerprint density at radius 2 is 1.86 bits per heavy atom. The number of methoxy groups -OCH3 is 1. The molecular weight excluding hydrogens is 362 g/mol. The number of hydrogen-bond donors (Lipinski definition) is 2. The van der Waals surface area contributed by atoms with Gasteiger partial charge in [-0.1, -0.05) is 12.1 Å². The molecule has 0 fully saturated rings. The predicted octanol–water partition coefficient (Wildman–Crippen LogP) is 5.37. The normalized spacial score (nSPS) is 10.8. The number of ether oxygens (including phenoxy) is 1. The van der Waals surface area contributed by atoms with Crippen molar-refractivity contribution in [2.24, 2.45) is 0 Å². The van der Waals surface area contributed by atoms with E-state index in [9.17, 15) is 13.6 Å². The molecule has 1 amide bonds. The van der Waals surface area contributed by atoms with Crippen LogP contribution in [-0.2, 0) is 0 Å². The minimum Gasteiger partial charge on any atom is -0.497 e. The molecule has 0 atom stereocenters. The monoisotopic (exact) mass is 378 g/mol. The molecule has 0 aliphatic carbocycles. The highest BCUT2D eigenvalue weighted by atomic mass is 19.1. The standard InChI is InChI=1S/C22H16F2N2O2/c1-28-17-7-5-14-10-21(26-20(14)12-17)22(27)25-16-4-2-3-13(9-16)18-8-6-15(23)11-19(18)24/h2-12,26H,1H3,(H,25,27). The number of anilines is 1. The third kappa shape index (κ3) is 3.44. The summed E-state index contributed by atoms with van der Waals surface area (Å²) >= 11 is 0. The van der Waals surface area contributed by atoms with Gasteiger partial charge >= 0.3 is 0 Å². The lowest BCUT2D eigenvalue weighted by molar-refractivity contribution is 0.102. The lowest BCUT2D eigenvalue weighted by Crippen LogP contribution is -2.12. The molecule has 4 aromatic rings. The number of hydrogen-bond acceptors (Lipinski definition) is 2. The largest absolute Gasteiger partial charge is 0.497 e. The molecule has 0 unspecified atom stereocenters. The van der Waals surface area contributed by atoms with E-state index in [1.165, 1.54) is 12.1 Å². The van der Waals surface area contributed by atoms with Gasteiger partial charge in [0.05, 0.1) is 7.11 Å². The van der Waals surface area contributed by atoms with Crippen molar-refractivity contribution in [3.05, 3.63) is 84.1 Å². The molecule has 4 rings (SSSR count). The first-order valence-corrected chi connectivity index (χ1v) is 8.57. The molecule has 0 aliphatic rings. The number of carbonyl (C=O) groups is 1. The fourth-order valence-corrected chi connectivity index (χ4v) is 3.04. The lowest BCUT2D eigenvalue weighted by Gasteiger charge is -2.08. The van der Waals surface area contributed by atoms with Crippen molar-refractivity contribution in [2.75, 3.05) is 12.4 Å². The van der Waals surface area contributed by atoms with Crippen LogP contribution in [0, 0.1) is 11.6 Å². The second kappa shape index (κ2) is 7.15. The van der Waals surface area contributed by atoms with Gasteiger partial charge in [0, 0.05) is 34.3 Å². The van der Waals surface area contributed by atoms with Crippen LogP contribution in [0.5, 0.6) is 5.75 Å². The number of aromatic amines is 1. The van der Waals surface area contributed by atoms with Crippen LogP contribution in [0.25, 0.3) is 22.0 Å². The number of halogens is 2. The van der Waals surface area contributed by atoms with Crippen LogP contribution in [0.2, 0.25) is 0 Å². The third-order valence-corrected chi connectivity index (χ3v) is 4.44. The summed E-state index contributed by atoms with van der Waals surface area (Å²) in [7, 11) is 1.58. The van der Waals surface area contributed by atoms with Gasteiger partial charge in [0.1, 0.15) is 23.1 Å². The number of rotatable bonds is 4. The van der Waals surface area contributed by atoms with Crippen molar-refractivity contribution in [2.45, 2.75) is 0 Å². The SMILES string of the molecule is COc1ccc2cc(C(=O)Nc3cccc(-c4ccc(F)cc4F)c3)[nH]c2c1. The Balaban J connectivity index is 1.60. The average molecular weight is 378 g/mol. The zero-order valence-corrected chi connectivity index (χ0v) is 14.9. The molecule has 1 aromatic heterocycles. The van der Waals surface area contributed by atoms with Gasteiger partial charge in [-0.05, 0) is 48.0 Å². The predicted molar refractivity (Wildman–Crippen MR) is 105 cm³/mol. The van der Waals surface area contributed by atoms with Crippen LogP contribution in [0.1, 0.15) is 10.5 Å². The van der Waals surface area contributed by atoms with Crippen LogP contribution in [0.3, 0.4) is 0 Å². The molecule has 0 radical (unpaired) electrons. The average Bonchev–Trinajstić information content (AvgIpc) is 3.11. The number of carbonyl (C=O) groups excluding carboxylic acids is 1. The zero-order chi connectivity index (χ0) is 19.7. The van der Waals surface area contributed by atoms with Crippen LogP contribution < -0.4 is 10.1 Å². The maximum Gasteiger partial charge on any atom is 0.272 e. The van der Waals surface area contributed by atoms with Crippen molar-refractivity contribution < 1.29 is 18.3 Å². The van der Waals surface area contributed by atoms with E-state index in [4.69, 9.17) is 4.74 Å². The maximum absolute atomic E-state index is 14.0. The first-order chi connectivity index (χ1) is 13.5. The summed E-state index contributed by atoms with van der Waals surface area (Å²) in [6, 6.07) is 17.4. The van der Waals surface area contributed by atoms with Crippen molar-refractivity contribution in [3.8, 4) is 16.9 Å². The minimum atomic E-state index is -0.659. The Morgan fingerprint density at radius 1 is 1.00 bits per heavy atom. The van der Waals surface area contributed by atoms with Crippen LogP contribution in [0.15, 0.2) is 66.7 Å². The third-order valence-electron chi connectivity index (χ3n) is 4.44. The Hall–Kier alpha value is -3.67. The summed E-state index contributed by atoms with van der Waals surface area (Å²) in [5.74, 6) is -0.934. The summed E-state index contributed by atoms with van der Waals surface area (Å²) in [5, 5.41) is 3.67. The number of aromatic nitrogens is 1. The second-order valence-corrected chi connectivity index (χ2v) is 6.30. The quantitative estimate of drug-likeness (QED) is 0.501. The van der Waals surface area contributed by atoms with Gasteiger partial charge < -0.3 is 15.0 Å². The second-order valence-electron chi connectivity index (χ2n) is 6.30. The van der Waals surface area contributed by atoms with Crippen LogP contribution >= 0.6 is 0 Å². The summed E-state index contributed by atoms with van der Waals surface area (Å²) in [4.78, 5) is 15.7. The topological polar surface area (TPSA) is 54.1 Å². The smallest absolute Gasteiger partial charge is 0.272 e. The van der Waals surface area contributed by atoms with Crippen LogP contribution in [-0.4, -0.2) is 18.0 Å². The molecule has 2 N–H and O–H groups in total. The van der Waals surface area contributed by atoms with E-state index < -0.39 is 11.6 Å². The summed E-state index contributed by atoms with van der Waals surface area (Å²) in [6.45, 7) is 0. The molecule has 0 spiro atoms. The highest BCUT2D eigenvalue weighted by Crippen LogP contribution is 2.26. The fraction of sp³-hybridized carbons (Fsp3) is 0.0455. The zero-order valence-electron chi connectivity index (χ0n) is 14.9. The molecule has 0 saturated heterocycles. The number of benzene rings is 3.